The summed E-state index contributed by atoms with van der Waals surface area (Å²) in [6.45, 7) is 7.65. The molecule has 2 fully saturated rings. The van der Waals surface area contributed by atoms with Crippen LogP contribution in [0.4, 0.5) is 0 Å². The normalized spacial score (nSPS) is 27.7. The van der Waals surface area contributed by atoms with Crippen molar-refractivity contribution >= 4 is 0 Å². The molecule has 0 aromatic carbocycles. The highest BCUT2D eigenvalue weighted by Crippen LogP contribution is 2.46. The summed E-state index contributed by atoms with van der Waals surface area (Å²) in [4.78, 5) is 4.69. The number of piperidine rings is 1. The van der Waals surface area contributed by atoms with Crippen molar-refractivity contribution in [1.29, 1.82) is 0 Å². The number of nitrogens with two attached hydrogens (primary N) is 1. The molecule has 0 amide bonds. The molecule has 3 nitrogen and oxygen atoms in total. The van der Waals surface area contributed by atoms with Gasteiger partial charge in [0.05, 0.1) is 0 Å². The van der Waals surface area contributed by atoms with Gasteiger partial charge in [0.15, 0.2) is 0 Å². The molecule has 0 spiro atoms. The Morgan fingerprint density at radius 1 is 1.29 bits per heavy atom. The van der Waals surface area contributed by atoms with Gasteiger partial charge in [-0.05, 0) is 68.3 Å². The fourth-order valence-electron chi connectivity index (χ4n) is 4.21. The van der Waals surface area contributed by atoms with Crippen LogP contribution >= 0.6 is 0 Å². The quantitative estimate of drug-likeness (QED) is 0.898. The smallest absolute Gasteiger partial charge is 0.0437 e. The van der Waals surface area contributed by atoms with Crippen LogP contribution in [-0.2, 0) is 5.41 Å². The highest BCUT2D eigenvalue weighted by atomic mass is 14.9. The lowest BCUT2D eigenvalue weighted by molar-refractivity contribution is 0.315. The first-order chi connectivity index (χ1) is 10.0. The molecule has 3 rings (SSSR count). The molecule has 1 aromatic heterocycles. The van der Waals surface area contributed by atoms with E-state index < -0.39 is 0 Å². The van der Waals surface area contributed by atoms with Crippen LogP contribution in [0.3, 0.4) is 0 Å². The number of rotatable bonds is 3. The molecule has 0 bridgehead atoms. The van der Waals surface area contributed by atoms with Crippen LogP contribution in [-0.4, -0.2) is 24.6 Å². The van der Waals surface area contributed by atoms with Crippen LogP contribution in [0.5, 0.6) is 0 Å². The Morgan fingerprint density at radius 2 is 2.05 bits per heavy atom. The number of hydrogen-bond donors (Lipinski definition) is 2. The standard InChI is InChI=1S/C18H29N3/c1-17(2)5-3-14(12-17)16-11-15(4-8-21-16)18(13-19)6-9-20-10-7-18/h4,8,11,14,20H,3,5-7,9-10,12-13,19H2,1-2H3. The molecule has 3 N–H and O–H groups in total. The first-order valence-corrected chi connectivity index (χ1v) is 8.42. The molecule has 1 aliphatic heterocycles. The largest absolute Gasteiger partial charge is 0.330 e. The summed E-state index contributed by atoms with van der Waals surface area (Å²) in [7, 11) is 0. The lowest BCUT2D eigenvalue weighted by Gasteiger charge is -2.37. The minimum Gasteiger partial charge on any atom is -0.330 e. The number of hydrogen-bond acceptors (Lipinski definition) is 3. The molecule has 1 unspecified atom stereocenters. The molecule has 1 aliphatic carbocycles. The van der Waals surface area contributed by atoms with E-state index in [4.69, 9.17) is 10.7 Å². The van der Waals surface area contributed by atoms with Gasteiger partial charge < -0.3 is 11.1 Å². The summed E-state index contributed by atoms with van der Waals surface area (Å²) in [5.41, 5.74) is 9.52. The van der Waals surface area contributed by atoms with Gasteiger partial charge in [-0.15, -0.1) is 0 Å². The zero-order valence-electron chi connectivity index (χ0n) is 13.5. The van der Waals surface area contributed by atoms with E-state index >= 15 is 0 Å². The predicted molar refractivity (Wildman–Crippen MR) is 87.4 cm³/mol. The first-order valence-electron chi connectivity index (χ1n) is 8.42. The Labute approximate surface area is 128 Å². The van der Waals surface area contributed by atoms with E-state index in [0.29, 0.717) is 11.3 Å². The fraction of sp³-hybridized carbons (Fsp3) is 0.722. The molecule has 2 heterocycles. The van der Waals surface area contributed by atoms with Crippen molar-refractivity contribution in [2.75, 3.05) is 19.6 Å². The highest BCUT2D eigenvalue weighted by molar-refractivity contribution is 5.29. The highest BCUT2D eigenvalue weighted by Gasteiger charge is 2.35. The van der Waals surface area contributed by atoms with Crippen molar-refractivity contribution in [3.05, 3.63) is 29.6 Å². The van der Waals surface area contributed by atoms with Gasteiger partial charge >= 0.3 is 0 Å². The molecule has 3 heteroatoms. The van der Waals surface area contributed by atoms with Gasteiger partial charge in [-0.1, -0.05) is 13.8 Å². The van der Waals surface area contributed by atoms with E-state index in [9.17, 15) is 0 Å². The van der Waals surface area contributed by atoms with Crippen molar-refractivity contribution in [3.8, 4) is 0 Å². The van der Waals surface area contributed by atoms with Gasteiger partial charge in [0.1, 0.15) is 0 Å². The zero-order valence-corrected chi connectivity index (χ0v) is 13.5. The molecule has 1 aromatic rings. The lowest BCUT2D eigenvalue weighted by Crippen LogP contribution is -2.45. The third-order valence-corrected chi connectivity index (χ3v) is 5.73. The summed E-state index contributed by atoms with van der Waals surface area (Å²) in [6, 6.07) is 4.56. The Bertz CT molecular complexity index is 489. The van der Waals surface area contributed by atoms with Crippen molar-refractivity contribution in [3.63, 3.8) is 0 Å². The van der Waals surface area contributed by atoms with E-state index in [1.165, 1.54) is 30.5 Å². The SMILES string of the molecule is CC1(C)CCC(c2cc(C3(CN)CCNCC3)ccn2)C1. The summed E-state index contributed by atoms with van der Waals surface area (Å²) in [6.07, 6.45) is 8.15. The molecule has 116 valence electrons. The van der Waals surface area contributed by atoms with Gasteiger partial charge in [-0.25, -0.2) is 0 Å². The molecule has 21 heavy (non-hydrogen) atoms. The van der Waals surface area contributed by atoms with E-state index in [0.717, 1.165) is 32.5 Å². The van der Waals surface area contributed by atoms with Crippen molar-refractivity contribution < 1.29 is 0 Å². The summed E-state index contributed by atoms with van der Waals surface area (Å²) >= 11 is 0. The minimum atomic E-state index is 0.164. The Morgan fingerprint density at radius 3 is 2.67 bits per heavy atom. The molecule has 1 atom stereocenters. The maximum absolute atomic E-state index is 6.17. The molecule has 2 aliphatic rings. The second kappa shape index (κ2) is 5.69. The van der Waals surface area contributed by atoms with Crippen LogP contribution in [0.15, 0.2) is 18.3 Å². The van der Waals surface area contributed by atoms with Crippen molar-refractivity contribution in [2.24, 2.45) is 11.1 Å². The monoisotopic (exact) mass is 287 g/mol. The van der Waals surface area contributed by atoms with Crippen molar-refractivity contribution in [1.82, 2.24) is 10.3 Å². The van der Waals surface area contributed by atoms with Gasteiger partial charge in [0.25, 0.3) is 0 Å². The summed E-state index contributed by atoms with van der Waals surface area (Å²) in [5.74, 6) is 0.636. The molecule has 0 radical (unpaired) electrons. The third-order valence-electron chi connectivity index (χ3n) is 5.73. The topological polar surface area (TPSA) is 50.9 Å². The number of pyridine rings is 1. The average molecular weight is 287 g/mol. The zero-order chi connectivity index (χ0) is 14.9. The van der Waals surface area contributed by atoms with E-state index in [-0.39, 0.29) is 5.41 Å². The number of aromatic nitrogens is 1. The van der Waals surface area contributed by atoms with Gasteiger partial charge in [0.2, 0.25) is 0 Å². The number of nitrogens with zero attached hydrogens (tertiary/aromatic N) is 1. The molecular formula is C18H29N3. The van der Waals surface area contributed by atoms with Crippen LogP contribution < -0.4 is 11.1 Å². The van der Waals surface area contributed by atoms with E-state index in [1.54, 1.807) is 0 Å². The van der Waals surface area contributed by atoms with E-state index in [2.05, 4.69) is 31.3 Å². The maximum atomic E-state index is 6.17. The Hall–Kier alpha value is -0.930. The average Bonchev–Trinajstić information content (AvgIpc) is 2.88. The predicted octanol–water partition coefficient (Wildman–Crippen LogP) is 2.96. The maximum Gasteiger partial charge on any atom is 0.0437 e. The van der Waals surface area contributed by atoms with Crippen LogP contribution in [0.25, 0.3) is 0 Å². The fourth-order valence-corrected chi connectivity index (χ4v) is 4.21. The lowest BCUT2D eigenvalue weighted by atomic mass is 9.73. The van der Waals surface area contributed by atoms with E-state index in [1.807, 2.05) is 6.20 Å². The number of nitrogens with one attached hydrogen (secondary N) is 1. The summed E-state index contributed by atoms with van der Waals surface area (Å²) in [5, 5.41) is 3.45. The van der Waals surface area contributed by atoms with Crippen LogP contribution in [0.2, 0.25) is 0 Å². The third kappa shape index (κ3) is 3.00. The first kappa shape index (κ1) is 15.0. The minimum absolute atomic E-state index is 0.164. The second-order valence-corrected chi connectivity index (χ2v) is 7.81. The van der Waals surface area contributed by atoms with Gasteiger partial charge in [-0.3, -0.25) is 4.98 Å². The van der Waals surface area contributed by atoms with Crippen molar-refractivity contribution in [2.45, 2.75) is 57.3 Å². The molecule has 1 saturated carbocycles. The van der Waals surface area contributed by atoms with Gasteiger partial charge in [-0.2, -0.15) is 0 Å². The Kier molecular flexibility index (Phi) is 4.06. The molecule has 1 saturated heterocycles. The molecular weight excluding hydrogens is 258 g/mol. The second-order valence-electron chi connectivity index (χ2n) is 7.81. The Balaban J connectivity index is 1.86. The summed E-state index contributed by atoms with van der Waals surface area (Å²) < 4.78 is 0. The van der Waals surface area contributed by atoms with Crippen LogP contribution in [0, 0.1) is 5.41 Å². The van der Waals surface area contributed by atoms with Crippen LogP contribution in [0.1, 0.15) is 63.1 Å². The van der Waals surface area contributed by atoms with Gasteiger partial charge in [0, 0.05) is 29.8 Å².